The maximum Gasteiger partial charge on any atom is 0.242 e. The van der Waals surface area contributed by atoms with Crippen LogP contribution in [-0.2, 0) is 42.6 Å². The number of H-pyrrole nitrogens is 1. The summed E-state index contributed by atoms with van der Waals surface area (Å²) in [5.41, 5.74) is 3.75. The largest absolute Gasteiger partial charge is 0.361 e. The Morgan fingerprint density at radius 1 is 0.721 bits per heavy atom. The van der Waals surface area contributed by atoms with Gasteiger partial charge in [-0.05, 0) is 57.7 Å². The van der Waals surface area contributed by atoms with Gasteiger partial charge in [-0.2, -0.15) is 18.8 Å². The highest BCUT2D eigenvalue weighted by atomic mass is 32.2. The summed E-state index contributed by atoms with van der Waals surface area (Å²) in [5.74, 6) is 0. The molecule has 2 saturated heterocycles. The second-order valence-electron chi connectivity index (χ2n) is 20.2. The van der Waals surface area contributed by atoms with E-state index in [1.54, 1.807) is 48.0 Å². The molecule has 0 radical (unpaired) electrons. The minimum atomic E-state index is -3.40. The minimum absolute atomic E-state index is 0.128. The number of hydrogen-bond acceptors (Lipinski definition) is 9. The molecule has 0 spiro atoms. The van der Waals surface area contributed by atoms with E-state index in [0.717, 1.165) is 44.7 Å². The highest BCUT2D eigenvalue weighted by Crippen LogP contribution is 2.49. The van der Waals surface area contributed by atoms with Crippen LogP contribution in [0.5, 0.6) is 0 Å². The minimum Gasteiger partial charge on any atom is -0.361 e. The molecule has 4 fully saturated rings. The topological polar surface area (TPSA) is 184 Å². The van der Waals surface area contributed by atoms with Gasteiger partial charge in [0.15, 0.2) is 11.1 Å². The maximum absolute atomic E-state index is 13.0. The summed E-state index contributed by atoms with van der Waals surface area (Å²) >= 11 is 0. The summed E-state index contributed by atoms with van der Waals surface area (Å²) < 4.78 is 64.6. The van der Waals surface area contributed by atoms with Gasteiger partial charge in [0.2, 0.25) is 44.5 Å². The third-order valence-corrected chi connectivity index (χ3v) is 20.9. The van der Waals surface area contributed by atoms with E-state index >= 15 is 0 Å². The van der Waals surface area contributed by atoms with Gasteiger partial charge >= 0.3 is 0 Å². The summed E-state index contributed by atoms with van der Waals surface area (Å²) in [6, 6.07) is 4.89. The van der Waals surface area contributed by atoms with Crippen molar-refractivity contribution in [2.24, 2.45) is 0 Å². The van der Waals surface area contributed by atoms with Crippen LogP contribution in [-0.4, -0.2) is 128 Å². The summed E-state index contributed by atoms with van der Waals surface area (Å²) in [6.45, 7) is 42.9. The molecule has 22 heteroatoms. The number of rotatable bonds is 15. The van der Waals surface area contributed by atoms with Gasteiger partial charge in [0.1, 0.15) is 18.0 Å². The van der Waals surface area contributed by atoms with Crippen LogP contribution in [0.2, 0.25) is 25.7 Å². The number of sulfonamides is 2. The third kappa shape index (κ3) is 7.98. The first-order valence-electron chi connectivity index (χ1n) is 22.3. The Hall–Kier alpha value is -6.24. The number of nitrogens with zero attached hydrogens (tertiary/aromatic N) is 13. The molecule has 6 aromatic heterocycles. The summed E-state index contributed by atoms with van der Waals surface area (Å²) in [4.78, 5) is 26.3. The van der Waals surface area contributed by atoms with Crippen molar-refractivity contribution in [1.29, 1.82) is 0 Å². The van der Waals surface area contributed by atoms with E-state index in [9.17, 15) is 16.8 Å². The highest BCUT2D eigenvalue weighted by Gasteiger charge is 2.62. The molecule has 1 N–H and O–H groups in total. The molecule has 6 aromatic rings. The van der Waals surface area contributed by atoms with Gasteiger partial charge in [-0.15, -0.1) is 0 Å². The molecule has 2 aliphatic carbocycles. The van der Waals surface area contributed by atoms with E-state index in [2.05, 4.69) is 64.2 Å². The lowest BCUT2D eigenvalue weighted by molar-refractivity contribution is 0.0821. The van der Waals surface area contributed by atoms with Gasteiger partial charge < -0.3 is 24.0 Å². The third-order valence-electron chi connectivity index (χ3n) is 14.0. The van der Waals surface area contributed by atoms with E-state index in [1.165, 1.54) is 14.8 Å². The number of aromatic nitrogens is 8. The molecule has 0 bridgehead atoms. The number of pyridine rings is 2. The van der Waals surface area contributed by atoms with E-state index < -0.39 is 48.7 Å². The molecule has 19 nitrogen and oxygen atoms in total. The lowest BCUT2D eigenvalue weighted by atomic mass is 9.92. The van der Waals surface area contributed by atoms with E-state index in [1.807, 2.05) is 35.3 Å². The molecule has 2 aliphatic heterocycles. The Bertz CT molecular complexity index is 3350. The Kier molecular flexibility index (Phi) is 11.6. The Morgan fingerprint density at radius 3 is 1.69 bits per heavy atom. The molecular formula is C46H52N14O5S2Si. The van der Waals surface area contributed by atoms with Crippen LogP contribution in [0.4, 0.5) is 11.4 Å². The van der Waals surface area contributed by atoms with Crippen molar-refractivity contribution in [2.75, 3.05) is 45.9 Å². The van der Waals surface area contributed by atoms with Crippen LogP contribution in [0.25, 0.3) is 63.7 Å². The first-order chi connectivity index (χ1) is 32.3. The van der Waals surface area contributed by atoms with Crippen LogP contribution < -0.4 is 0 Å². The Labute approximate surface area is 397 Å². The summed E-state index contributed by atoms with van der Waals surface area (Å²) in [7, 11) is -7.95. The second kappa shape index (κ2) is 16.8. The van der Waals surface area contributed by atoms with Crippen molar-refractivity contribution in [3.8, 4) is 22.3 Å². The average molecular weight is 973 g/mol. The van der Waals surface area contributed by atoms with E-state index in [4.69, 9.17) is 31.0 Å². The zero-order valence-electron chi connectivity index (χ0n) is 38.6. The molecule has 68 heavy (non-hydrogen) atoms. The van der Waals surface area contributed by atoms with Crippen molar-refractivity contribution in [3.63, 3.8) is 0 Å². The first kappa shape index (κ1) is 46.8. The van der Waals surface area contributed by atoms with Gasteiger partial charge in [0.05, 0.1) is 35.0 Å². The monoisotopic (exact) mass is 972 g/mol. The van der Waals surface area contributed by atoms with Crippen molar-refractivity contribution >= 4 is 61.6 Å². The fourth-order valence-corrected chi connectivity index (χ4v) is 13.8. The molecule has 8 heterocycles. The van der Waals surface area contributed by atoms with Crippen molar-refractivity contribution in [2.45, 2.75) is 92.5 Å². The molecule has 0 atom stereocenters. The molecule has 2 saturated carbocycles. The fourth-order valence-electron chi connectivity index (χ4n) is 8.95. The number of nitrogens with one attached hydrogen (secondary N) is 1. The molecule has 4 aliphatic rings. The molecular weight excluding hydrogens is 921 g/mol. The van der Waals surface area contributed by atoms with Gasteiger partial charge in [-0.1, -0.05) is 19.6 Å². The van der Waals surface area contributed by atoms with Crippen molar-refractivity contribution in [3.05, 3.63) is 107 Å². The maximum atomic E-state index is 13.0. The Balaban J connectivity index is 0.000000174. The SMILES string of the molecule is [C-]#[N+]CC1(n2cc(-c3c([N+]#[C-])cnc4[nH]ccc34)cn2)CN(S(=O)(=O)C2(C)CC2)C1.[C-]#[N+]CC1(n2cc(-c3c([N+]#[C-])cnc4c3ccn4COCC[Si](C)(C)C)cn2)CN(S(=O)(=O)C2(C)CC2)C1. The highest BCUT2D eigenvalue weighted by molar-refractivity contribution is 7.91. The number of aromatic amines is 1. The molecule has 352 valence electrons. The lowest BCUT2D eigenvalue weighted by Crippen LogP contribution is -2.67. The number of ether oxygens (including phenoxy) is 1. The van der Waals surface area contributed by atoms with Crippen LogP contribution in [0.1, 0.15) is 39.5 Å². The van der Waals surface area contributed by atoms with Gasteiger partial charge in [0.25, 0.3) is 0 Å². The first-order valence-corrected chi connectivity index (χ1v) is 28.9. The molecule has 0 amide bonds. The summed E-state index contributed by atoms with van der Waals surface area (Å²) in [5, 5.41) is 10.7. The van der Waals surface area contributed by atoms with E-state index in [-0.39, 0.29) is 39.3 Å². The fraction of sp³-hybridized carbons (Fsp3) is 0.478. The lowest BCUT2D eigenvalue weighted by Gasteiger charge is -2.46. The van der Waals surface area contributed by atoms with Gasteiger partial charge in [0, 0.05) is 111 Å². The zero-order valence-corrected chi connectivity index (χ0v) is 41.3. The van der Waals surface area contributed by atoms with Gasteiger partial charge in [-0.25, -0.2) is 44.7 Å². The smallest absolute Gasteiger partial charge is 0.242 e. The zero-order chi connectivity index (χ0) is 48.5. The van der Waals surface area contributed by atoms with E-state index in [0.29, 0.717) is 56.0 Å². The predicted molar refractivity (Wildman–Crippen MR) is 260 cm³/mol. The number of hydrogen-bond donors (Lipinski definition) is 1. The average Bonchev–Trinajstić information content (AvgIpc) is 3.81. The standard InChI is InChI=1S/C26H33N7O3SSi.C20H19N7O2S/c1-25(8-9-25)37(34,35)32-17-26(18-32,16-27-2)33-15-20(13-30-33)23-21-7-10-31(19-36-11-12-38(4,5)6)24(21)29-14-22(23)28-3;1-19(5-6-19)30(28,29)26-12-20(13-26,11-21-2)27-10-14(8-25-27)17-15-4-7-23-18(15)24-9-16(17)22-3/h7,10,13-15H,8-9,11-12,16-19H2,1,4-6H3;4,7-10H,5-6,11-13H2,1H3,(H,23,24). The van der Waals surface area contributed by atoms with Crippen molar-refractivity contribution in [1.82, 2.24) is 47.7 Å². The van der Waals surface area contributed by atoms with Gasteiger partial charge in [-0.3, -0.25) is 14.3 Å². The van der Waals surface area contributed by atoms with Crippen LogP contribution in [0.3, 0.4) is 0 Å². The quantitative estimate of drug-likeness (QED) is 0.0624. The van der Waals surface area contributed by atoms with Crippen LogP contribution in [0, 0.1) is 26.3 Å². The second-order valence-corrected chi connectivity index (χ2v) is 30.8. The normalized spacial score (nSPS) is 19.1. The molecule has 0 aromatic carbocycles. The predicted octanol–water partition coefficient (Wildman–Crippen LogP) is 7.37. The molecule has 10 rings (SSSR count). The number of fused-ring (bicyclic) bond motifs is 2. The Morgan fingerprint density at radius 2 is 1.22 bits per heavy atom. The van der Waals surface area contributed by atoms with Crippen molar-refractivity contribution < 1.29 is 21.6 Å². The molecule has 0 unspecified atom stereocenters. The van der Waals surface area contributed by atoms with Crippen LogP contribution in [0.15, 0.2) is 61.7 Å². The summed E-state index contributed by atoms with van der Waals surface area (Å²) in [6.07, 6.45) is 16.5. The van der Waals surface area contributed by atoms with Crippen LogP contribution >= 0.6 is 0 Å².